The van der Waals surface area contributed by atoms with Crippen LogP contribution in [-0.4, -0.2) is 30.8 Å². The van der Waals surface area contributed by atoms with E-state index >= 15 is 0 Å². The summed E-state index contributed by atoms with van der Waals surface area (Å²) in [6.07, 6.45) is 0. The van der Waals surface area contributed by atoms with Crippen molar-refractivity contribution in [3.8, 4) is 0 Å². The minimum absolute atomic E-state index is 0.198. The van der Waals surface area contributed by atoms with Gasteiger partial charge in [-0.15, -0.1) is 11.3 Å². The molecule has 1 aliphatic heterocycles. The molecule has 6 heteroatoms. The van der Waals surface area contributed by atoms with Crippen LogP contribution < -0.4 is 0 Å². The molecule has 0 N–H and O–H groups in total. The van der Waals surface area contributed by atoms with Crippen molar-refractivity contribution in [2.24, 2.45) is 4.99 Å². The number of nitrogens with zero attached hydrogens (tertiary/aromatic N) is 2. The maximum Gasteiger partial charge on any atom is 0.277 e. The van der Waals surface area contributed by atoms with Crippen molar-refractivity contribution in [3.63, 3.8) is 0 Å². The highest BCUT2D eigenvalue weighted by Crippen LogP contribution is 2.42. The van der Waals surface area contributed by atoms with E-state index < -0.39 is 0 Å². The molecule has 0 fully saturated rings. The van der Waals surface area contributed by atoms with E-state index in [4.69, 9.17) is 9.83 Å². The lowest BCUT2D eigenvalue weighted by Crippen LogP contribution is -2.25. The largest absolute Gasteiger partial charge is 0.277 e. The maximum atomic E-state index is 12.5. The van der Waals surface area contributed by atoms with E-state index in [1.807, 2.05) is 30.3 Å². The van der Waals surface area contributed by atoms with Crippen molar-refractivity contribution < 1.29 is 9.63 Å². The van der Waals surface area contributed by atoms with Crippen LogP contribution >= 0.6 is 23.1 Å². The highest BCUT2D eigenvalue weighted by molar-refractivity contribution is 7.99. The van der Waals surface area contributed by atoms with Gasteiger partial charge in [-0.05, 0) is 48.2 Å². The highest BCUT2D eigenvalue weighted by atomic mass is 32.2. The van der Waals surface area contributed by atoms with E-state index in [-0.39, 0.29) is 5.91 Å². The van der Waals surface area contributed by atoms with Crippen molar-refractivity contribution in [2.75, 3.05) is 14.2 Å². The zero-order valence-electron chi connectivity index (χ0n) is 15.2. The number of rotatable bonds is 3. The fourth-order valence-corrected chi connectivity index (χ4v) is 4.86. The van der Waals surface area contributed by atoms with Gasteiger partial charge in [-0.3, -0.25) is 9.63 Å². The van der Waals surface area contributed by atoms with Gasteiger partial charge in [0.15, 0.2) is 0 Å². The van der Waals surface area contributed by atoms with Crippen LogP contribution in [0.15, 0.2) is 68.7 Å². The molecule has 2 heterocycles. The summed E-state index contributed by atoms with van der Waals surface area (Å²) in [6, 6.07) is 16.0. The molecule has 1 amide bonds. The molecule has 2 aromatic carbocycles. The first-order chi connectivity index (χ1) is 13.1. The molecule has 0 spiro atoms. The SMILES string of the molecule is CON(C)C(=O)c1ccc2c(c1)N=C(c1sccc1C)c1ccccc1S2. The molecule has 4 rings (SSSR count). The summed E-state index contributed by atoms with van der Waals surface area (Å²) in [7, 11) is 3.08. The van der Waals surface area contributed by atoms with Crippen LogP contribution in [0, 0.1) is 6.92 Å². The van der Waals surface area contributed by atoms with Crippen LogP contribution in [0.5, 0.6) is 0 Å². The molecule has 0 bridgehead atoms. The van der Waals surface area contributed by atoms with Crippen LogP contribution in [-0.2, 0) is 4.84 Å². The Kier molecular flexibility index (Phi) is 4.86. The molecule has 1 aromatic heterocycles. The van der Waals surface area contributed by atoms with E-state index in [9.17, 15) is 4.79 Å². The Balaban J connectivity index is 1.90. The molecule has 0 radical (unpaired) electrons. The molecule has 0 saturated carbocycles. The first-order valence-electron chi connectivity index (χ1n) is 8.45. The zero-order chi connectivity index (χ0) is 19.0. The van der Waals surface area contributed by atoms with Crippen molar-refractivity contribution >= 4 is 40.4 Å². The van der Waals surface area contributed by atoms with Crippen LogP contribution in [0.1, 0.15) is 26.4 Å². The Morgan fingerprint density at radius 2 is 1.93 bits per heavy atom. The Morgan fingerprint density at radius 3 is 2.67 bits per heavy atom. The van der Waals surface area contributed by atoms with E-state index in [1.54, 1.807) is 30.1 Å². The molecular formula is C21H18N2O2S2. The highest BCUT2D eigenvalue weighted by Gasteiger charge is 2.22. The van der Waals surface area contributed by atoms with Crippen molar-refractivity contribution in [1.29, 1.82) is 0 Å². The van der Waals surface area contributed by atoms with Crippen LogP contribution in [0.25, 0.3) is 0 Å². The Morgan fingerprint density at radius 1 is 1.11 bits per heavy atom. The number of thiophene rings is 1. The number of fused-ring (bicyclic) bond motifs is 2. The predicted molar refractivity (Wildman–Crippen MR) is 110 cm³/mol. The van der Waals surface area contributed by atoms with Gasteiger partial charge < -0.3 is 0 Å². The number of carbonyl (C=O) groups excluding carboxylic acids is 1. The number of hydrogen-bond donors (Lipinski definition) is 0. The first kappa shape index (κ1) is 18.0. The Bertz CT molecular complexity index is 1060. The average molecular weight is 395 g/mol. The molecule has 3 aromatic rings. The van der Waals surface area contributed by atoms with Gasteiger partial charge in [0.05, 0.1) is 23.4 Å². The number of hydroxylamine groups is 2. The summed E-state index contributed by atoms with van der Waals surface area (Å²) in [6.45, 7) is 2.10. The van der Waals surface area contributed by atoms with Gasteiger partial charge in [0.2, 0.25) is 0 Å². The minimum atomic E-state index is -0.198. The summed E-state index contributed by atoms with van der Waals surface area (Å²) in [5.41, 5.74) is 4.62. The van der Waals surface area contributed by atoms with Gasteiger partial charge in [-0.1, -0.05) is 30.0 Å². The molecule has 4 nitrogen and oxygen atoms in total. The third-order valence-electron chi connectivity index (χ3n) is 4.44. The normalized spacial score (nSPS) is 12.6. The molecule has 0 aliphatic carbocycles. The summed E-state index contributed by atoms with van der Waals surface area (Å²) in [5, 5.41) is 3.30. The van der Waals surface area contributed by atoms with Gasteiger partial charge >= 0.3 is 0 Å². The number of hydrogen-bond acceptors (Lipinski definition) is 5. The molecule has 27 heavy (non-hydrogen) atoms. The molecule has 136 valence electrons. The predicted octanol–water partition coefficient (Wildman–Crippen LogP) is 5.32. The average Bonchev–Trinajstić information content (AvgIpc) is 3.04. The van der Waals surface area contributed by atoms with Gasteiger partial charge in [-0.25, -0.2) is 10.1 Å². The standard InChI is InChI=1S/C21H18N2O2S2/c1-13-10-11-26-20(13)19-15-6-4-5-7-17(15)27-18-9-8-14(12-16(18)22-19)21(24)23(2)25-3/h4-12H,1-3H3. The molecule has 0 saturated heterocycles. The van der Waals surface area contributed by atoms with Crippen LogP contribution in [0.3, 0.4) is 0 Å². The summed E-state index contributed by atoms with van der Waals surface area (Å²) in [5.74, 6) is -0.198. The fourth-order valence-electron chi connectivity index (χ4n) is 2.93. The Labute approximate surface area is 166 Å². The second-order valence-corrected chi connectivity index (χ2v) is 8.16. The van der Waals surface area contributed by atoms with Gasteiger partial charge in [-0.2, -0.15) is 0 Å². The number of aryl methyl sites for hydroxylation is 1. The second kappa shape index (κ2) is 7.31. The maximum absolute atomic E-state index is 12.5. The lowest BCUT2D eigenvalue weighted by molar-refractivity contribution is -0.0756. The topological polar surface area (TPSA) is 41.9 Å². The van der Waals surface area contributed by atoms with E-state index in [2.05, 4.69) is 30.5 Å². The third kappa shape index (κ3) is 3.32. The van der Waals surface area contributed by atoms with Crippen molar-refractivity contribution in [3.05, 3.63) is 75.5 Å². The van der Waals surface area contributed by atoms with Crippen molar-refractivity contribution in [2.45, 2.75) is 16.7 Å². The molecule has 0 unspecified atom stereocenters. The number of aliphatic imine (C=N–C) groups is 1. The quantitative estimate of drug-likeness (QED) is 0.442. The smallest absolute Gasteiger partial charge is 0.274 e. The summed E-state index contributed by atoms with van der Waals surface area (Å²) in [4.78, 5) is 25.9. The van der Waals surface area contributed by atoms with Crippen LogP contribution in [0.4, 0.5) is 5.69 Å². The number of carbonyl (C=O) groups is 1. The first-order valence-corrected chi connectivity index (χ1v) is 10.1. The van der Waals surface area contributed by atoms with E-state index in [0.717, 1.165) is 31.6 Å². The lowest BCUT2D eigenvalue weighted by atomic mass is 10.1. The van der Waals surface area contributed by atoms with Gasteiger partial charge in [0, 0.05) is 28.0 Å². The molecule has 0 atom stereocenters. The third-order valence-corrected chi connectivity index (χ3v) is 6.60. The summed E-state index contributed by atoms with van der Waals surface area (Å²) < 4.78 is 0. The number of benzene rings is 2. The van der Waals surface area contributed by atoms with E-state index in [0.29, 0.717) is 5.56 Å². The monoisotopic (exact) mass is 394 g/mol. The van der Waals surface area contributed by atoms with E-state index in [1.165, 1.54) is 17.7 Å². The fraction of sp³-hybridized carbons (Fsp3) is 0.143. The molecular weight excluding hydrogens is 376 g/mol. The van der Waals surface area contributed by atoms with Crippen molar-refractivity contribution in [1.82, 2.24) is 5.06 Å². The minimum Gasteiger partial charge on any atom is -0.274 e. The second-order valence-electron chi connectivity index (χ2n) is 6.16. The summed E-state index contributed by atoms with van der Waals surface area (Å²) >= 11 is 3.37. The van der Waals surface area contributed by atoms with Gasteiger partial charge in [0.1, 0.15) is 0 Å². The Hall–Kier alpha value is -2.41. The molecule has 1 aliphatic rings. The lowest BCUT2D eigenvalue weighted by Gasteiger charge is -2.14. The number of amides is 1. The van der Waals surface area contributed by atoms with Gasteiger partial charge in [0.25, 0.3) is 5.91 Å². The van der Waals surface area contributed by atoms with Crippen LogP contribution in [0.2, 0.25) is 0 Å². The zero-order valence-corrected chi connectivity index (χ0v) is 16.9.